The number of ether oxygens (including phenoxy) is 2. The largest absolute Gasteiger partial charge is 0.472 e. The maximum Gasteiger partial charge on any atom is 0.472 e. The van der Waals surface area contributed by atoms with E-state index in [1.807, 2.05) is 0 Å². The number of hydrogen-bond acceptors (Lipinski definition) is 7. The summed E-state index contributed by atoms with van der Waals surface area (Å²) in [6.45, 7) is 4.77. The summed E-state index contributed by atoms with van der Waals surface area (Å²) in [6.07, 6.45) is 52.4. The molecule has 0 spiro atoms. The molecule has 3 N–H and O–H groups in total. The quantitative estimate of drug-likeness (QED) is 0.0271. The number of nitrogens with two attached hydrogens (primary N) is 1. The van der Waals surface area contributed by atoms with Crippen LogP contribution < -0.4 is 5.73 Å². The second-order valence-electron chi connectivity index (χ2n) is 14.5. The first-order chi connectivity index (χ1) is 26.9. The number of hydrogen-bond donors (Lipinski definition) is 2. The molecule has 2 unspecified atom stereocenters. The summed E-state index contributed by atoms with van der Waals surface area (Å²) < 4.78 is 33.4. The summed E-state index contributed by atoms with van der Waals surface area (Å²) in [7, 11) is -4.28. The third-order valence-electron chi connectivity index (χ3n) is 9.17. The maximum absolute atomic E-state index is 12.6. The second-order valence-corrected chi connectivity index (χ2v) is 16.0. The fourth-order valence-electron chi connectivity index (χ4n) is 5.92. The molecule has 0 aromatic carbocycles. The highest BCUT2D eigenvalue weighted by atomic mass is 31.2. The Bertz CT molecular complexity index is 1030. The zero-order valence-corrected chi connectivity index (χ0v) is 36.3. The molecule has 0 amide bonds. The van der Waals surface area contributed by atoms with Gasteiger partial charge in [-0.25, -0.2) is 4.57 Å². The van der Waals surface area contributed by atoms with Gasteiger partial charge in [0.05, 0.1) is 19.8 Å². The standard InChI is InChI=1S/C46H84NO7P/c1-3-5-7-9-11-13-15-17-19-20-21-22-23-24-25-26-28-30-32-34-36-38-41-51-43-45(44-53-55(49,50)52-42-40-47)54-46(48)39-37-35-33-31-29-27-18-16-14-12-10-8-6-4-2/h5,7,11,13,16-19,21-22,45H,3-4,6,8-10,12,14-15,20,23-44,47H2,1-2H3,(H,49,50)/b7-5-,13-11-,18-16-,19-17-,22-21-. The van der Waals surface area contributed by atoms with Crippen molar-refractivity contribution in [3.05, 3.63) is 60.8 Å². The summed E-state index contributed by atoms with van der Waals surface area (Å²) in [5.41, 5.74) is 5.37. The fraction of sp³-hybridized carbons (Fsp3) is 0.761. The molecule has 2 atom stereocenters. The lowest BCUT2D eigenvalue weighted by Gasteiger charge is -2.20. The van der Waals surface area contributed by atoms with Gasteiger partial charge in [0, 0.05) is 19.6 Å². The van der Waals surface area contributed by atoms with Crippen LogP contribution in [0.3, 0.4) is 0 Å². The lowest BCUT2D eigenvalue weighted by Crippen LogP contribution is -2.28. The predicted molar refractivity (Wildman–Crippen MR) is 233 cm³/mol. The number of phosphoric acid groups is 1. The van der Waals surface area contributed by atoms with Crippen molar-refractivity contribution >= 4 is 13.8 Å². The Morgan fingerprint density at radius 2 is 1.02 bits per heavy atom. The van der Waals surface area contributed by atoms with Gasteiger partial charge in [0.25, 0.3) is 0 Å². The van der Waals surface area contributed by atoms with Crippen molar-refractivity contribution in [3.8, 4) is 0 Å². The Kier molecular flexibility index (Phi) is 41.9. The average Bonchev–Trinajstić information content (AvgIpc) is 3.17. The highest BCUT2D eigenvalue weighted by Crippen LogP contribution is 2.43. The molecule has 0 aliphatic rings. The number of unbranched alkanes of at least 4 members (excludes halogenated alkanes) is 19. The summed E-state index contributed by atoms with van der Waals surface area (Å²) >= 11 is 0. The number of rotatable bonds is 42. The number of phosphoric ester groups is 1. The molecule has 0 aliphatic heterocycles. The molecule has 55 heavy (non-hydrogen) atoms. The van der Waals surface area contributed by atoms with Crippen molar-refractivity contribution in [3.63, 3.8) is 0 Å². The third-order valence-corrected chi connectivity index (χ3v) is 10.2. The van der Waals surface area contributed by atoms with Crippen molar-refractivity contribution in [2.45, 2.75) is 193 Å². The number of carbonyl (C=O) groups is 1. The van der Waals surface area contributed by atoms with E-state index in [-0.39, 0.29) is 32.3 Å². The lowest BCUT2D eigenvalue weighted by molar-refractivity contribution is -0.154. The number of carbonyl (C=O) groups excluding carboxylic acids is 1. The molecule has 0 heterocycles. The molecule has 8 nitrogen and oxygen atoms in total. The third kappa shape index (κ3) is 43.2. The van der Waals surface area contributed by atoms with Crippen LogP contribution in [0.5, 0.6) is 0 Å². The molecular weight excluding hydrogens is 709 g/mol. The average molecular weight is 794 g/mol. The lowest BCUT2D eigenvalue weighted by atomic mass is 10.1. The normalized spacial score (nSPS) is 14.0. The van der Waals surface area contributed by atoms with Crippen molar-refractivity contribution in [2.24, 2.45) is 5.73 Å². The topological polar surface area (TPSA) is 117 Å². The first kappa shape index (κ1) is 53.2. The SMILES string of the molecule is CC/C=C\C/C=C\C/C=C\C/C=C\CCCCCCCCCCCOCC(COP(=O)(O)OCCN)OC(=O)CCCCCCC/C=C\CCCCCCC. The minimum atomic E-state index is -4.28. The Balaban J connectivity index is 4.01. The first-order valence-corrected chi connectivity index (χ1v) is 23.8. The molecule has 0 aromatic rings. The minimum absolute atomic E-state index is 0.0958. The van der Waals surface area contributed by atoms with Crippen molar-refractivity contribution < 1.29 is 32.8 Å². The van der Waals surface area contributed by atoms with Crippen LogP contribution in [0.15, 0.2) is 60.8 Å². The summed E-state index contributed by atoms with van der Waals surface area (Å²) in [5.74, 6) is -0.343. The van der Waals surface area contributed by atoms with Crippen molar-refractivity contribution in [1.82, 2.24) is 0 Å². The zero-order valence-electron chi connectivity index (χ0n) is 35.4. The van der Waals surface area contributed by atoms with Gasteiger partial charge < -0.3 is 20.1 Å². The van der Waals surface area contributed by atoms with E-state index in [0.29, 0.717) is 13.0 Å². The molecule has 320 valence electrons. The highest BCUT2D eigenvalue weighted by molar-refractivity contribution is 7.47. The monoisotopic (exact) mass is 794 g/mol. The molecule has 0 rings (SSSR count). The molecule has 0 aliphatic carbocycles. The van der Waals surface area contributed by atoms with Crippen LogP contribution in [0.2, 0.25) is 0 Å². The number of esters is 1. The van der Waals surface area contributed by atoms with E-state index in [1.165, 1.54) is 96.3 Å². The van der Waals surface area contributed by atoms with Crippen LogP contribution >= 0.6 is 7.82 Å². The van der Waals surface area contributed by atoms with Crippen LogP contribution in [0, 0.1) is 0 Å². The smallest absolute Gasteiger partial charge is 0.457 e. The molecule has 0 saturated heterocycles. The van der Waals surface area contributed by atoms with Crippen LogP contribution in [-0.4, -0.2) is 49.9 Å². The van der Waals surface area contributed by atoms with E-state index in [2.05, 4.69) is 74.6 Å². The molecular formula is C46H84NO7P. The summed E-state index contributed by atoms with van der Waals surface area (Å²) in [6, 6.07) is 0. The highest BCUT2D eigenvalue weighted by Gasteiger charge is 2.25. The first-order valence-electron chi connectivity index (χ1n) is 22.3. The van der Waals surface area contributed by atoms with Crippen LogP contribution in [0.1, 0.15) is 187 Å². The Morgan fingerprint density at radius 3 is 1.55 bits per heavy atom. The van der Waals surface area contributed by atoms with E-state index in [1.54, 1.807) is 0 Å². The van der Waals surface area contributed by atoms with Gasteiger partial charge in [-0.15, -0.1) is 0 Å². The van der Waals surface area contributed by atoms with Gasteiger partial charge in [0.2, 0.25) is 0 Å². The Morgan fingerprint density at radius 1 is 0.564 bits per heavy atom. The van der Waals surface area contributed by atoms with Gasteiger partial charge in [-0.3, -0.25) is 13.8 Å². The molecule has 0 aromatic heterocycles. The zero-order chi connectivity index (χ0) is 40.2. The molecule has 9 heteroatoms. The van der Waals surface area contributed by atoms with Gasteiger partial charge in [-0.2, -0.15) is 0 Å². The van der Waals surface area contributed by atoms with Gasteiger partial charge in [0.1, 0.15) is 6.10 Å². The van der Waals surface area contributed by atoms with E-state index in [9.17, 15) is 14.3 Å². The van der Waals surface area contributed by atoms with E-state index < -0.39 is 13.9 Å². The van der Waals surface area contributed by atoms with Crippen LogP contribution in [0.4, 0.5) is 0 Å². The Hall–Kier alpha value is -1.80. The van der Waals surface area contributed by atoms with Crippen molar-refractivity contribution in [2.75, 3.05) is 33.0 Å². The van der Waals surface area contributed by atoms with Crippen LogP contribution in [-0.2, 0) is 27.9 Å². The Labute approximate surface area is 338 Å². The van der Waals surface area contributed by atoms with Gasteiger partial charge in [-0.05, 0) is 77.0 Å². The minimum Gasteiger partial charge on any atom is -0.457 e. The summed E-state index contributed by atoms with van der Waals surface area (Å²) in [5, 5.41) is 0. The number of allylic oxidation sites excluding steroid dienone is 10. The maximum atomic E-state index is 12.6. The molecule has 0 saturated carbocycles. The fourth-order valence-corrected chi connectivity index (χ4v) is 6.69. The van der Waals surface area contributed by atoms with E-state index in [4.69, 9.17) is 24.3 Å². The molecule has 0 bridgehead atoms. The predicted octanol–water partition coefficient (Wildman–Crippen LogP) is 13.4. The molecule has 0 radical (unpaired) electrons. The van der Waals surface area contributed by atoms with Gasteiger partial charge in [-0.1, -0.05) is 164 Å². The second kappa shape index (κ2) is 43.3. The summed E-state index contributed by atoms with van der Waals surface area (Å²) in [4.78, 5) is 22.5. The van der Waals surface area contributed by atoms with Crippen molar-refractivity contribution in [1.29, 1.82) is 0 Å². The van der Waals surface area contributed by atoms with Crippen LogP contribution in [0.25, 0.3) is 0 Å². The van der Waals surface area contributed by atoms with E-state index in [0.717, 1.165) is 70.6 Å². The molecule has 0 fully saturated rings. The van der Waals surface area contributed by atoms with Gasteiger partial charge in [0.15, 0.2) is 0 Å². The van der Waals surface area contributed by atoms with E-state index >= 15 is 0 Å². The van der Waals surface area contributed by atoms with Gasteiger partial charge >= 0.3 is 13.8 Å².